The van der Waals surface area contributed by atoms with E-state index in [-0.39, 0.29) is 0 Å². The SMILES string of the molecule is C=Cc1c(C=C)n2c3ccc(-c4ccc5cc(-c6c7ccccc7c(-c7ccc8ccccc8c7)c7ccccc67)ccc5c4)cc3nc2c2ccccc12. The molecule has 2 nitrogen and oxygen atoms in total. The highest BCUT2D eigenvalue weighted by atomic mass is 15.0. The number of pyridine rings is 1. The number of benzene rings is 9. The molecule has 0 aliphatic heterocycles. The lowest BCUT2D eigenvalue weighted by atomic mass is 9.85. The molecule has 0 atom stereocenters. The van der Waals surface area contributed by atoms with E-state index in [0.717, 1.165) is 49.8 Å². The largest absolute Gasteiger partial charge is 0.292 e. The first kappa shape index (κ1) is 31.3. The van der Waals surface area contributed by atoms with Crippen LogP contribution in [0.25, 0.3) is 116 Å². The highest BCUT2D eigenvalue weighted by molar-refractivity contribution is 6.22. The van der Waals surface area contributed by atoms with Crippen molar-refractivity contribution in [1.29, 1.82) is 0 Å². The molecule has 11 aromatic rings. The third-order valence-electron chi connectivity index (χ3n) is 11.5. The maximum atomic E-state index is 5.19. The maximum Gasteiger partial charge on any atom is 0.146 e. The molecule has 11 rings (SSSR count). The van der Waals surface area contributed by atoms with Crippen molar-refractivity contribution in [3.05, 3.63) is 194 Å². The van der Waals surface area contributed by atoms with Crippen LogP contribution in [0.5, 0.6) is 0 Å². The Morgan fingerprint density at radius 1 is 0.400 bits per heavy atom. The third kappa shape index (κ3) is 4.72. The summed E-state index contributed by atoms with van der Waals surface area (Å²) in [5, 5.41) is 12.2. The van der Waals surface area contributed by atoms with Gasteiger partial charge in [0, 0.05) is 10.9 Å². The molecule has 0 radical (unpaired) electrons. The van der Waals surface area contributed by atoms with Crippen molar-refractivity contribution in [2.45, 2.75) is 0 Å². The quantitative estimate of drug-likeness (QED) is 0.164. The summed E-state index contributed by atoms with van der Waals surface area (Å²) in [4.78, 5) is 5.19. The van der Waals surface area contributed by atoms with E-state index in [1.807, 2.05) is 12.2 Å². The van der Waals surface area contributed by atoms with E-state index in [1.54, 1.807) is 0 Å². The van der Waals surface area contributed by atoms with Crippen LogP contribution < -0.4 is 0 Å². The van der Waals surface area contributed by atoms with Crippen LogP contribution in [0.4, 0.5) is 0 Å². The number of hydrogen-bond acceptors (Lipinski definition) is 1. The average Bonchev–Trinajstić information content (AvgIpc) is 3.63. The van der Waals surface area contributed by atoms with E-state index < -0.39 is 0 Å². The summed E-state index contributed by atoms with van der Waals surface area (Å²) in [6, 6.07) is 62.0. The Hall–Kier alpha value is -7.29. The van der Waals surface area contributed by atoms with Crippen molar-refractivity contribution >= 4 is 82.7 Å². The lowest BCUT2D eigenvalue weighted by Crippen LogP contribution is -1.97. The van der Waals surface area contributed by atoms with E-state index in [9.17, 15) is 0 Å². The zero-order chi connectivity index (χ0) is 36.6. The summed E-state index contributed by atoms with van der Waals surface area (Å²) in [7, 11) is 0. The van der Waals surface area contributed by atoms with Crippen LogP contribution in [0.3, 0.4) is 0 Å². The van der Waals surface area contributed by atoms with Gasteiger partial charge in [-0.3, -0.25) is 4.40 Å². The Balaban J connectivity index is 1.05. The van der Waals surface area contributed by atoms with Crippen molar-refractivity contribution in [3.8, 4) is 33.4 Å². The third-order valence-corrected chi connectivity index (χ3v) is 11.5. The minimum atomic E-state index is 0.930. The van der Waals surface area contributed by atoms with Gasteiger partial charge >= 0.3 is 0 Å². The van der Waals surface area contributed by atoms with Crippen LogP contribution in [0.15, 0.2) is 183 Å². The van der Waals surface area contributed by atoms with E-state index in [4.69, 9.17) is 4.98 Å². The minimum absolute atomic E-state index is 0.930. The Labute approximate surface area is 318 Å². The van der Waals surface area contributed by atoms with Crippen LogP contribution in [0, 0.1) is 0 Å². The molecule has 0 aliphatic rings. The molecular weight excluding hydrogens is 665 g/mol. The number of fused-ring (bicyclic) bond motifs is 9. The van der Waals surface area contributed by atoms with Crippen LogP contribution in [-0.2, 0) is 0 Å². The van der Waals surface area contributed by atoms with Gasteiger partial charge in [-0.25, -0.2) is 4.98 Å². The lowest BCUT2D eigenvalue weighted by Gasteiger charge is -2.18. The van der Waals surface area contributed by atoms with Crippen LogP contribution >= 0.6 is 0 Å². The van der Waals surface area contributed by atoms with Crippen molar-refractivity contribution < 1.29 is 0 Å². The molecule has 0 bridgehead atoms. The topological polar surface area (TPSA) is 17.3 Å². The fourth-order valence-corrected chi connectivity index (χ4v) is 8.95. The average molecular weight is 699 g/mol. The molecule has 256 valence electrons. The molecule has 0 fully saturated rings. The summed E-state index contributed by atoms with van der Waals surface area (Å²) < 4.78 is 2.22. The zero-order valence-corrected chi connectivity index (χ0v) is 30.1. The highest BCUT2D eigenvalue weighted by Gasteiger charge is 2.18. The summed E-state index contributed by atoms with van der Waals surface area (Å²) >= 11 is 0. The zero-order valence-electron chi connectivity index (χ0n) is 30.1. The van der Waals surface area contributed by atoms with Gasteiger partial charge in [0.05, 0.1) is 16.7 Å². The number of rotatable bonds is 5. The normalized spacial score (nSPS) is 11.8. The minimum Gasteiger partial charge on any atom is -0.292 e. The summed E-state index contributed by atoms with van der Waals surface area (Å²) in [5.74, 6) is 0. The second kappa shape index (κ2) is 12.1. The Morgan fingerprint density at radius 3 is 1.45 bits per heavy atom. The smallest absolute Gasteiger partial charge is 0.146 e. The van der Waals surface area contributed by atoms with E-state index in [1.165, 1.54) is 65.3 Å². The maximum absolute atomic E-state index is 5.19. The summed E-state index contributed by atoms with van der Waals surface area (Å²) in [6.07, 6.45) is 3.83. The number of nitrogens with zero attached hydrogens (tertiary/aromatic N) is 2. The van der Waals surface area contributed by atoms with E-state index >= 15 is 0 Å². The Bertz CT molecular complexity index is 3360. The fraction of sp³-hybridized carbons (Fsp3) is 0. The van der Waals surface area contributed by atoms with Gasteiger partial charge in [0.2, 0.25) is 0 Å². The van der Waals surface area contributed by atoms with Crippen molar-refractivity contribution in [2.24, 2.45) is 0 Å². The fourth-order valence-electron chi connectivity index (χ4n) is 8.95. The molecule has 2 aromatic heterocycles. The van der Waals surface area contributed by atoms with Crippen molar-refractivity contribution in [2.75, 3.05) is 0 Å². The van der Waals surface area contributed by atoms with E-state index in [0.29, 0.717) is 0 Å². The predicted octanol–water partition coefficient (Wildman–Crippen LogP) is 14.5. The van der Waals surface area contributed by atoms with Crippen LogP contribution in [0.2, 0.25) is 0 Å². The first-order valence-electron chi connectivity index (χ1n) is 18.8. The number of aromatic nitrogens is 2. The predicted molar refractivity (Wildman–Crippen MR) is 237 cm³/mol. The Morgan fingerprint density at radius 2 is 0.855 bits per heavy atom. The van der Waals surface area contributed by atoms with Gasteiger partial charge in [-0.1, -0.05) is 159 Å². The van der Waals surface area contributed by atoms with Gasteiger partial charge in [0.25, 0.3) is 0 Å². The summed E-state index contributed by atoms with van der Waals surface area (Å²) in [6.45, 7) is 8.29. The molecule has 0 N–H and O–H groups in total. The van der Waals surface area contributed by atoms with Gasteiger partial charge in [0.15, 0.2) is 0 Å². The van der Waals surface area contributed by atoms with Gasteiger partial charge in [-0.05, 0) is 118 Å². The molecule has 0 saturated carbocycles. The summed E-state index contributed by atoms with van der Waals surface area (Å²) in [5.41, 5.74) is 12.3. The van der Waals surface area contributed by atoms with Gasteiger partial charge in [0.1, 0.15) is 5.65 Å². The highest BCUT2D eigenvalue weighted by Crippen LogP contribution is 2.45. The first-order chi connectivity index (χ1) is 27.2. The monoisotopic (exact) mass is 698 g/mol. The van der Waals surface area contributed by atoms with Gasteiger partial charge in [-0.15, -0.1) is 0 Å². The second-order valence-electron chi connectivity index (χ2n) is 14.4. The molecule has 0 amide bonds. The van der Waals surface area contributed by atoms with Gasteiger partial charge < -0.3 is 0 Å². The first-order valence-corrected chi connectivity index (χ1v) is 18.8. The second-order valence-corrected chi connectivity index (χ2v) is 14.4. The molecule has 2 heterocycles. The molecule has 0 saturated heterocycles. The molecule has 0 spiro atoms. The molecule has 0 unspecified atom stereocenters. The molecule has 9 aromatic carbocycles. The molecule has 55 heavy (non-hydrogen) atoms. The van der Waals surface area contributed by atoms with Crippen molar-refractivity contribution in [1.82, 2.24) is 9.38 Å². The molecular formula is C53H34N2. The van der Waals surface area contributed by atoms with Crippen LogP contribution in [0.1, 0.15) is 11.3 Å². The van der Waals surface area contributed by atoms with Crippen LogP contribution in [-0.4, -0.2) is 9.38 Å². The number of imidazole rings is 1. The molecule has 2 heteroatoms. The van der Waals surface area contributed by atoms with Gasteiger partial charge in [-0.2, -0.15) is 0 Å². The standard InChI is InChI=1S/C53H34N2/c1-3-41-42-15-7-12-20-47(42)53-54-48-32-38(27-28-50(48)55(53)49(41)4-2)36-22-23-37-31-40(26-24-35(37)29-36)52-45-18-10-8-16-43(45)51(44-17-9-11-19-46(44)52)39-25-21-33-13-5-6-14-34(33)30-39/h3-32H,1-2H2. The lowest BCUT2D eigenvalue weighted by molar-refractivity contribution is 1.21. The number of hydrogen-bond donors (Lipinski definition) is 0. The molecule has 0 aliphatic carbocycles. The Kier molecular flexibility index (Phi) is 6.89. The van der Waals surface area contributed by atoms with E-state index in [2.05, 4.69) is 187 Å². The van der Waals surface area contributed by atoms with Crippen molar-refractivity contribution in [3.63, 3.8) is 0 Å².